The minimum atomic E-state index is -0.292. The number of carbonyl (C=O) groups is 1. The number of esters is 1. The Morgan fingerprint density at radius 2 is 2.15 bits per heavy atom. The summed E-state index contributed by atoms with van der Waals surface area (Å²) in [6.45, 7) is 1.82. The highest BCUT2D eigenvalue weighted by atomic mass is 79.9. The standard InChI is InChI=1S/C14H12BrNO3S/c1-7-5-9-13(14(18)16(7)2)8(6-12(17)19-9)10-3-4-11(15)20-10/h3-5,8H,6H2,1-2H3. The van der Waals surface area contributed by atoms with Crippen molar-refractivity contribution in [1.82, 2.24) is 4.57 Å². The Bertz CT molecular complexity index is 762. The zero-order valence-electron chi connectivity index (χ0n) is 11.0. The van der Waals surface area contributed by atoms with Crippen LogP contribution in [0.3, 0.4) is 0 Å². The molecular weight excluding hydrogens is 342 g/mol. The van der Waals surface area contributed by atoms with Crippen molar-refractivity contribution in [2.24, 2.45) is 7.05 Å². The van der Waals surface area contributed by atoms with Crippen LogP contribution in [0.4, 0.5) is 0 Å². The SMILES string of the molecule is Cc1cc2c(c(=O)n1C)C(c1ccc(Br)s1)CC(=O)O2. The molecule has 1 aliphatic heterocycles. The summed E-state index contributed by atoms with van der Waals surface area (Å²) < 4.78 is 7.82. The molecule has 0 radical (unpaired) electrons. The molecule has 0 amide bonds. The lowest BCUT2D eigenvalue weighted by Crippen LogP contribution is -2.31. The van der Waals surface area contributed by atoms with Gasteiger partial charge >= 0.3 is 5.97 Å². The first-order valence-corrected chi connectivity index (χ1v) is 7.74. The highest BCUT2D eigenvalue weighted by Gasteiger charge is 2.32. The van der Waals surface area contributed by atoms with Gasteiger partial charge < -0.3 is 9.30 Å². The van der Waals surface area contributed by atoms with Gasteiger partial charge in [0, 0.05) is 29.6 Å². The maximum Gasteiger partial charge on any atom is 0.312 e. The summed E-state index contributed by atoms with van der Waals surface area (Å²) in [6, 6.07) is 5.63. The molecule has 0 N–H and O–H groups in total. The fraction of sp³-hybridized carbons (Fsp3) is 0.286. The minimum absolute atomic E-state index is 0.0953. The van der Waals surface area contributed by atoms with Crippen LogP contribution in [0.5, 0.6) is 5.75 Å². The molecule has 20 heavy (non-hydrogen) atoms. The van der Waals surface area contributed by atoms with Gasteiger partial charge in [0.2, 0.25) is 0 Å². The van der Waals surface area contributed by atoms with E-state index < -0.39 is 0 Å². The zero-order chi connectivity index (χ0) is 14.4. The first-order chi connectivity index (χ1) is 9.47. The van der Waals surface area contributed by atoms with Crippen molar-refractivity contribution in [3.63, 3.8) is 0 Å². The van der Waals surface area contributed by atoms with Gasteiger partial charge in [-0.25, -0.2) is 0 Å². The number of aromatic nitrogens is 1. The molecule has 1 unspecified atom stereocenters. The molecule has 2 aromatic rings. The van der Waals surface area contributed by atoms with Crippen LogP contribution in [0.15, 0.2) is 26.8 Å². The summed E-state index contributed by atoms with van der Waals surface area (Å²) in [5.74, 6) is -0.113. The number of carbonyl (C=O) groups excluding carboxylic acids is 1. The summed E-state index contributed by atoms with van der Waals surface area (Å²) in [6.07, 6.45) is 0.207. The maximum absolute atomic E-state index is 12.5. The summed E-state index contributed by atoms with van der Waals surface area (Å²) in [5.41, 5.74) is 1.25. The van der Waals surface area contributed by atoms with E-state index in [0.29, 0.717) is 11.3 Å². The van der Waals surface area contributed by atoms with Crippen molar-refractivity contribution in [2.75, 3.05) is 0 Å². The summed E-state index contributed by atoms with van der Waals surface area (Å²) in [5, 5.41) is 0. The molecule has 0 fully saturated rings. The van der Waals surface area contributed by atoms with Crippen molar-refractivity contribution in [3.8, 4) is 5.75 Å². The van der Waals surface area contributed by atoms with Crippen LogP contribution in [0.1, 0.15) is 28.5 Å². The monoisotopic (exact) mass is 353 g/mol. The van der Waals surface area contributed by atoms with E-state index in [4.69, 9.17) is 4.74 Å². The lowest BCUT2D eigenvalue weighted by molar-refractivity contribution is -0.135. The highest BCUT2D eigenvalue weighted by molar-refractivity contribution is 9.11. The molecule has 0 bridgehead atoms. The van der Waals surface area contributed by atoms with E-state index in [0.717, 1.165) is 14.4 Å². The first kappa shape index (κ1) is 13.6. The largest absolute Gasteiger partial charge is 0.426 e. The Morgan fingerprint density at radius 1 is 1.40 bits per heavy atom. The van der Waals surface area contributed by atoms with E-state index >= 15 is 0 Å². The third kappa shape index (κ3) is 2.13. The van der Waals surface area contributed by atoms with Crippen LogP contribution in [0.25, 0.3) is 0 Å². The molecule has 4 nitrogen and oxygen atoms in total. The van der Waals surface area contributed by atoms with Gasteiger partial charge in [-0.05, 0) is 35.0 Å². The molecule has 0 saturated carbocycles. The number of rotatable bonds is 1. The van der Waals surface area contributed by atoms with Gasteiger partial charge in [-0.2, -0.15) is 0 Å². The predicted molar refractivity (Wildman–Crippen MR) is 80.5 cm³/mol. The lowest BCUT2D eigenvalue weighted by atomic mass is 9.92. The fourth-order valence-corrected chi connectivity index (χ4v) is 3.94. The molecule has 0 aromatic carbocycles. The van der Waals surface area contributed by atoms with E-state index in [1.165, 1.54) is 11.3 Å². The number of hydrogen-bond donors (Lipinski definition) is 0. The van der Waals surface area contributed by atoms with Crippen molar-refractivity contribution < 1.29 is 9.53 Å². The number of ether oxygens (including phenoxy) is 1. The van der Waals surface area contributed by atoms with E-state index in [1.807, 2.05) is 19.1 Å². The molecule has 3 rings (SSSR count). The van der Waals surface area contributed by atoms with Crippen molar-refractivity contribution in [3.05, 3.63) is 48.5 Å². The number of hydrogen-bond acceptors (Lipinski definition) is 4. The molecule has 104 valence electrons. The van der Waals surface area contributed by atoms with Gasteiger partial charge in [0.1, 0.15) is 5.75 Å². The Labute approximate surface area is 128 Å². The van der Waals surface area contributed by atoms with Crippen LogP contribution < -0.4 is 10.3 Å². The first-order valence-electron chi connectivity index (χ1n) is 6.14. The number of nitrogens with zero attached hydrogens (tertiary/aromatic N) is 1. The maximum atomic E-state index is 12.5. The van der Waals surface area contributed by atoms with Crippen LogP contribution in [-0.4, -0.2) is 10.5 Å². The van der Waals surface area contributed by atoms with Crippen LogP contribution in [-0.2, 0) is 11.8 Å². The van der Waals surface area contributed by atoms with Crippen molar-refractivity contribution in [1.29, 1.82) is 0 Å². The lowest BCUT2D eigenvalue weighted by Gasteiger charge is -2.24. The number of fused-ring (bicyclic) bond motifs is 1. The minimum Gasteiger partial charge on any atom is -0.426 e. The third-order valence-electron chi connectivity index (χ3n) is 3.55. The Morgan fingerprint density at radius 3 is 2.80 bits per heavy atom. The number of thiophene rings is 1. The van der Waals surface area contributed by atoms with E-state index in [-0.39, 0.29) is 23.9 Å². The van der Waals surface area contributed by atoms with Gasteiger partial charge in [-0.3, -0.25) is 9.59 Å². The third-order valence-corrected chi connectivity index (χ3v) is 5.29. The van der Waals surface area contributed by atoms with Crippen molar-refractivity contribution in [2.45, 2.75) is 19.3 Å². The smallest absolute Gasteiger partial charge is 0.312 e. The molecule has 2 aromatic heterocycles. The second-order valence-electron chi connectivity index (χ2n) is 4.80. The Hall–Kier alpha value is -1.40. The zero-order valence-corrected chi connectivity index (χ0v) is 13.4. The second kappa shape index (κ2) is 4.86. The normalized spacial score (nSPS) is 17.8. The fourth-order valence-electron chi connectivity index (χ4n) is 2.41. The molecule has 0 saturated heterocycles. The summed E-state index contributed by atoms with van der Waals surface area (Å²) in [4.78, 5) is 25.3. The molecule has 6 heteroatoms. The van der Waals surface area contributed by atoms with E-state index in [9.17, 15) is 9.59 Å². The van der Waals surface area contributed by atoms with Crippen LogP contribution in [0, 0.1) is 6.92 Å². The van der Waals surface area contributed by atoms with E-state index in [1.54, 1.807) is 17.7 Å². The molecule has 1 aliphatic rings. The van der Waals surface area contributed by atoms with Gasteiger partial charge in [0.25, 0.3) is 5.56 Å². The van der Waals surface area contributed by atoms with Gasteiger partial charge in [-0.15, -0.1) is 11.3 Å². The molecule has 0 spiro atoms. The highest BCUT2D eigenvalue weighted by Crippen LogP contribution is 2.40. The quantitative estimate of drug-likeness (QED) is 0.740. The predicted octanol–water partition coefficient (Wildman–Crippen LogP) is 2.96. The second-order valence-corrected chi connectivity index (χ2v) is 7.30. The van der Waals surface area contributed by atoms with E-state index in [2.05, 4.69) is 15.9 Å². The van der Waals surface area contributed by atoms with Crippen LogP contribution >= 0.6 is 27.3 Å². The summed E-state index contributed by atoms with van der Waals surface area (Å²) >= 11 is 4.96. The average Bonchev–Trinajstić information content (AvgIpc) is 2.81. The molecular formula is C14H12BrNO3S. The molecule has 0 aliphatic carbocycles. The van der Waals surface area contributed by atoms with Gasteiger partial charge in [0.15, 0.2) is 0 Å². The van der Waals surface area contributed by atoms with Gasteiger partial charge in [-0.1, -0.05) is 0 Å². The average molecular weight is 354 g/mol. The number of pyridine rings is 1. The number of halogens is 1. The Kier molecular flexibility index (Phi) is 3.30. The van der Waals surface area contributed by atoms with Crippen LogP contribution in [0.2, 0.25) is 0 Å². The number of aryl methyl sites for hydroxylation is 1. The summed E-state index contributed by atoms with van der Waals surface area (Å²) in [7, 11) is 1.73. The molecule has 1 atom stereocenters. The Balaban J connectivity index is 2.24. The molecule has 3 heterocycles. The topological polar surface area (TPSA) is 48.3 Å². The van der Waals surface area contributed by atoms with Crippen molar-refractivity contribution >= 4 is 33.2 Å². The van der Waals surface area contributed by atoms with Gasteiger partial charge in [0.05, 0.1) is 15.8 Å².